The second kappa shape index (κ2) is 6.86. The first-order chi connectivity index (χ1) is 10.2. The van der Waals surface area contributed by atoms with Gasteiger partial charge in [0.1, 0.15) is 5.60 Å². The molecule has 0 radical (unpaired) electrons. The van der Waals surface area contributed by atoms with Crippen LogP contribution in [-0.4, -0.2) is 40.9 Å². The second-order valence-corrected chi connectivity index (χ2v) is 7.58. The Morgan fingerprint density at radius 2 is 1.73 bits per heavy atom. The van der Waals surface area contributed by atoms with Gasteiger partial charge in [-0.25, -0.2) is 4.79 Å². The van der Waals surface area contributed by atoms with Gasteiger partial charge in [-0.15, -0.1) is 0 Å². The quantitative estimate of drug-likeness (QED) is 0.741. The maximum atomic E-state index is 11.7. The minimum atomic E-state index is -0.676. The highest BCUT2D eigenvalue weighted by atomic mass is 16.6. The number of amides is 1. The molecule has 6 nitrogen and oxygen atoms in total. The van der Waals surface area contributed by atoms with Crippen LogP contribution in [0.1, 0.15) is 59.3 Å². The van der Waals surface area contributed by atoms with Crippen molar-refractivity contribution in [2.45, 2.75) is 83.0 Å². The Balaban J connectivity index is 1.65. The minimum absolute atomic E-state index is 0.159. The lowest BCUT2D eigenvalue weighted by Crippen LogP contribution is -2.55. The Morgan fingerprint density at radius 3 is 2.32 bits per heavy atom. The van der Waals surface area contributed by atoms with Gasteiger partial charge in [0.25, 0.3) is 0 Å². The van der Waals surface area contributed by atoms with Crippen molar-refractivity contribution in [3.63, 3.8) is 0 Å². The van der Waals surface area contributed by atoms with Crippen LogP contribution in [0.5, 0.6) is 0 Å². The molecule has 2 fully saturated rings. The van der Waals surface area contributed by atoms with Crippen LogP contribution in [-0.2, 0) is 9.53 Å². The molecule has 3 N–H and O–H groups in total. The van der Waals surface area contributed by atoms with Crippen LogP contribution in [0, 0.1) is 5.92 Å². The van der Waals surface area contributed by atoms with Crippen molar-refractivity contribution in [1.82, 2.24) is 10.6 Å². The number of alkyl carbamates (subject to hydrolysis) is 1. The van der Waals surface area contributed by atoms with E-state index in [0.717, 1.165) is 38.5 Å². The SMILES string of the molecule is CC(C)(C)OC(=O)NC1CC(NC2CCCC(C(=O)O)C2)C1. The van der Waals surface area contributed by atoms with E-state index in [1.807, 2.05) is 20.8 Å². The summed E-state index contributed by atoms with van der Waals surface area (Å²) in [6.45, 7) is 5.54. The molecule has 2 saturated carbocycles. The number of ether oxygens (including phenoxy) is 1. The van der Waals surface area contributed by atoms with Crippen molar-refractivity contribution in [2.75, 3.05) is 0 Å². The monoisotopic (exact) mass is 312 g/mol. The second-order valence-electron chi connectivity index (χ2n) is 7.58. The fourth-order valence-electron chi connectivity index (χ4n) is 3.24. The van der Waals surface area contributed by atoms with E-state index in [1.54, 1.807) is 0 Å². The van der Waals surface area contributed by atoms with Gasteiger partial charge < -0.3 is 20.5 Å². The number of hydrogen-bond acceptors (Lipinski definition) is 4. The third-order valence-corrected chi connectivity index (χ3v) is 4.35. The third kappa shape index (κ3) is 5.16. The van der Waals surface area contributed by atoms with Gasteiger partial charge in [-0.2, -0.15) is 0 Å². The van der Waals surface area contributed by atoms with Gasteiger partial charge in [-0.3, -0.25) is 4.79 Å². The molecule has 126 valence electrons. The summed E-state index contributed by atoms with van der Waals surface area (Å²) in [7, 11) is 0. The highest BCUT2D eigenvalue weighted by Gasteiger charge is 2.35. The molecule has 0 aromatic carbocycles. The summed E-state index contributed by atoms with van der Waals surface area (Å²) in [6.07, 6.45) is 4.93. The number of hydrogen-bond donors (Lipinski definition) is 3. The molecule has 2 aliphatic rings. The topological polar surface area (TPSA) is 87.7 Å². The molecule has 1 amide bonds. The Bertz CT molecular complexity index is 413. The summed E-state index contributed by atoms with van der Waals surface area (Å²) in [5, 5.41) is 15.5. The average molecular weight is 312 g/mol. The Labute approximate surface area is 132 Å². The van der Waals surface area contributed by atoms with E-state index in [9.17, 15) is 9.59 Å². The summed E-state index contributed by atoms with van der Waals surface area (Å²) >= 11 is 0. The molecular formula is C16H28N2O4. The van der Waals surface area contributed by atoms with Crippen molar-refractivity contribution in [3.8, 4) is 0 Å². The molecule has 0 saturated heterocycles. The van der Waals surface area contributed by atoms with Crippen LogP contribution >= 0.6 is 0 Å². The van der Waals surface area contributed by atoms with Crippen LogP contribution in [0.15, 0.2) is 0 Å². The average Bonchev–Trinajstić information content (AvgIpc) is 2.34. The first kappa shape index (κ1) is 17.1. The van der Waals surface area contributed by atoms with E-state index in [-0.39, 0.29) is 18.1 Å². The molecule has 0 heterocycles. The molecule has 0 bridgehead atoms. The van der Waals surface area contributed by atoms with Crippen molar-refractivity contribution >= 4 is 12.1 Å². The van der Waals surface area contributed by atoms with E-state index in [2.05, 4.69) is 10.6 Å². The number of carbonyl (C=O) groups is 2. The Morgan fingerprint density at radius 1 is 1.05 bits per heavy atom. The molecule has 6 heteroatoms. The van der Waals surface area contributed by atoms with Crippen LogP contribution in [0.3, 0.4) is 0 Å². The van der Waals surface area contributed by atoms with Crippen molar-refractivity contribution < 1.29 is 19.4 Å². The van der Waals surface area contributed by atoms with Crippen molar-refractivity contribution in [1.29, 1.82) is 0 Å². The number of nitrogens with one attached hydrogen (secondary N) is 2. The van der Waals surface area contributed by atoms with Crippen LogP contribution in [0.4, 0.5) is 4.79 Å². The number of carboxylic acid groups (broad SMARTS) is 1. The standard InChI is InChI=1S/C16H28N2O4/c1-16(2,3)22-15(21)18-13-8-12(9-13)17-11-6-4-5-10(7-11)14(19)20/h10-13,17H,4-9H2,1-3H3,(H,18,21)(H,19,20). The van der Waals surface area contributed by atoms with Gasteiger partial charge in [0.15, 0.2) is 0 Å². The van der Waals surface area contributed by atoms with E-state index < -0.39 is 11.6 Å². The lowest BCUT2D eigenvalue weighted by molar-refractivity contribution is -0.143. The molecule has 22 heavy (non-hydrogen) atoms. The zero-order chi connectivity index (χ0) is 16.3. The summed E-state index contributed by atoms with van der Waals surface area (Å²) in [5.74, 6) is -0.883. The Hall–Kier alpha value is -1.30. The first-order valence-corrected chi connectivity index (χ1v) is 8.21. The molecule has 0 aromatic heterocycles. The van der Waals surface area contributed by atoms with E-state index >= 15 is 0 Å². The third-order valence-electron chi connectivity index (χ3n) is 4.35. The summed E-state index contributed by atoms with van der Waals surface area (Å²) in [5.41, 5.74) is -0.473. The predicted octanol–water partition coefficient (Wildman–Crippen LogP) is 2.28. The molecule has 0 spiro atoms. The number of rotatable bonds is 4. The van der Waals surface area contributed by atoms with Crippen molar-refractivity contribution in [2.24, 2.45) is 5.92 Å². The van der Waals surface area contributed by atoms with Crippen LogP contribution in [0.25, 0.3) is 0 Å². The zero-order valence-electron chi connectivity index (χ0n) is 13.7. The van der Waals surface area contributed by atoms with Gasteiger partial charge in [-0.1, -0.05) is 6.42 Å². The predicted molar refractivity (Wildman–Crippen MR) is 82.7 cm³/mol. The lowest BCUT2D eigenvalue weighted by Gasteiger charge is -2.40. The van der Waals surface area contributed by atoms with Gasteiger partial charge in [0, 0.05) is 18.1 Å². The molecule has 0 aromatic rings. The number of carbonyl (C=O) groups excluding carboxylic acids is 1. The minimum Gasteiger partial charge on any atom is -0.481 e. The van der Waals surface area contributed by atoms with Crippen LogP contribution < -0.4 is 10.6 Å². The normalized spacial score (nSPS) is 32.0. The fourth-order valence-corrected chi connectivity index (χ4v) is 3.24. The molecular weight excluding hydrogens is 284 g/mol. The van der Waals surface area contributed by atoms with Gasteiger partial charge >= 0.3 is 12.1 Å². The van der Waals surface area contributed by atoms with Crippen molar-refractivity contribution in [3.05, 3.63) is 0 Å². The zero-order valence-corrected chi connectivity index (χ0v) is 13.7. The number of carboxylic acids is 1. The van der Waals surface area contributed by atoms with Gasteiger partial charge in [0.05, 0.1) is 5.92 Å². The molecule has 2 rings (SSSR count). The van der Waals surface area contributed by atoms with Gasteiger partial charge in [0.2, 0.25) is 0 Å². The summed E-state index contributed by atoms with van der Waals surface area (Å²) < 4.78 is 5.23. The van der Waals surface area contributed by atoms with Gasteiger partial charge in [-0.05, 0) is 52.9 Å². The summed E-state index contributed by atoms with van der Waals surface area (Å²) in [6, 6.07) is 0.825. The van der Waals surface area contributed by atoms with E-state index in [4.69, 9.17) is 9.84 Å². The summed E-state index contributed by atoms with van der Waals surface area (Å²) in [4.78, 5) is 22.7. The molecule has 2 aliphatic carbocycles. The molecule has 2 unspecified atom stereocenters. The smallest absolute Gasteiger partial charge is 0.407 e. The lowest BCUT2D eigenvalue weighted by atomic mass is 9.82. The van der Waals surface area contributed by atoms with E-state index in [1.165, 1.54) is 0 Å². The number of aliphatic carboxylic acids is 1. The maximum absolute atomic E-state index is 11.7. The highest BCUT2D eigenvalue weighted by Crippen LogP contribution is 2.28. The fraction of sp³-hybridized carbons (Fsp3) is 0.875. The highest BCUT2D eigenvalue weighted by molar-refractivity contribution is 5.70. The van der Waals surface area contributed by atoms with E-state index in [0.29, 0.717) is 12.1 Å². The maximum Gasteiger partial charge on any atom is 0.407 e. The molecule has 0 aliphatic heterocycles. The first-order valence-electron chi connectivity index (χ1n) is 8.21. The largest absolute Gasteiger partial charge is 0.481 e. The van der Waals surface area contributed by atoms with Crippen LogP contribution in [0.2, 0.25) is 0 Å². The molecule has 2 atom stereocenters. The Kier molecular flexibility index (Phi) is 5.32.